The highest BCUT2D eigenvalue weighted by molar-refractivity contribution is 5.82. The van der Waals surface area contributed by atoms with Crippen LogP contribution in [0.15, 0.2) is 55.0 Å². The Morgan fingerprint density at radius 1 is 1.00 bits per heavy atom. The van der Waals surface area contributed by atoms with E-state index in [-0.39, 0.29) is 6.04 Å². The molecule has 1 saturated heterocycles. The minimum absolute atomic E-state index is 0.128. The van der Waals surface area contributed by atoms with E-state index >= 15 is 0 Å². The van der Waals surface area contributed by atoms with Crippen molar-refractivity contribution < 1.29 is 24.9 Å². The lowest BCUT2D eigenvalue weighted by atomic mass is 9.95. The van der Waals surface area contributed by atoms with Gasteiger partial charge in [-0.05, 0) is 24.3 Å². The number of fused-ring (bicyclic) bond motifs is 1. The van der Waals surface area contributed by atoms with E-state index in [0.717, 1.165) is 42.6 Å². The second-order valence-corrected chi connectivity index (χ2v) is 7.02. The molecule has 0 amide bonds. The van der Waals surface area contributed by atoms with Crippen molar-refractivity contribution in [2.75, 3.05) is 33.2 Å². The smallest absolute Gasteiger partial charge is 0.253 e. The molecule has 2 aromatic heterocycles. The van der Waals surface area contributed by atoms with Gasteiger partial charge in [-0.2, -0.15) is 0 Å². The van der Waals surface area contributed by atoms with Crippen LogP contribution in [0.2, 0.25) is 0 Å². The fourth-order valence-electron chi connectivity index (χ4n) is 3.94. The topological polar surface area (TPSA) is 57.4 Å². The van der Waals surface area contributed by atoms with Crippen molar-refractivity contribution in [2.45, 2.75) is 6.04 Å². The van der Waals surface area contributed by atoms with E-state index in [9.17, 15) is 5.11 Å². The molecule has 0 bridgehead atoms. The zero-order valence-corrected chi connectivity index (χ0v) is 14.5. The average molecular weight is 338 g/mol. The Bertz CT molecular complexity index is 860. The molecule has 0 saturated carbocycles. The van der Waals surface area contributed by atoms with Crippen LogP contribution in [0.5, 0.6) is 5.75 Å². The average Bonchev–Trinajstić information content (AvgIpc) is 2.66. The molecule has 1 fully saturated rings. The fraction of sp³-hybridized carbons (Fsp3) is 0.300. The van der Waals surface area contributed by atoms with Gasteiger partial charge in [0.05, 0.1) is 23.6 Å². The van der Waals surface area contributed by atoms with Crippen LogP contribution in [0.3, 0.4) is 0 Å². The summed E-state index contributed by atoms with van der Waals surface area (Å²) in [6.07, 6.45) is 5.85. The number of likely N-dealkylation sites (N-methyl/N-ethyl adjacent to an activating group) is 1. The highest BCUT2D eigenvalue weighted by Gasteiger charge is 2.34. The van der Waals surface area contributed by atoms with Gasteiger partial charge in [0.15, 0.2) is 24.3 Å². The fourth-order valence-corrected chi connectivity index (χ4v) is 3.94. The van der Waals surface area contributed by atoms with E-state index in [1.54, 1.807) is 4.90 Å². The molecule has 0 spiro atoms. The summed E-state index contributed by atoms with van der Waals surface area (Å²) < 4.78 is 0. The first-order valence-corrected chi connectivity index (χ1v) is 8.98. The molecule has 1 aliphatic rings. The van der Waals surface area contributed by atoms with Crippen molar-refractivity contribution in [3.8, 4) is 5.75 Å². The first kappa shape index (κ1) is 16.0. The lowest BCUT2D eigenvalue weighted by molar-refractivity contribution is -1.02. The van der Waals surface area contributed by atoms with Crippen LogP contribution in [-0.4, -0.2) is 38.3 Å². The second kappa shape index (κ2) is 6.78. The number of rotatable bonds is 3. The number of pyridine rings is 2. The van der Waals surface area contributed by atoms with Gasteiger partial charge in [-0.3, -0.25) is 0 Å². The second-order valence-electron chi connectivity index (χ2n) is 7.02. The van der Waals surface area contributed by atoms with Gasteiger partial charge in [-0.15, -0.1) is 0 Å². The van der Waals surface area contributed by atoms with Gasteiger partial charge in [0.2, 0.25) is 0 Å². The van der Waals surface area contributed by atoms with Gasteiger partial charge < -0.3 is 14.9 Å². The Balaban J connectivity index is 1.82. The van der Waals surface area contributed by atoms with Gasteiger partial charge in [0.25, 0.3) is 5.52 Å². The summed E-state index contributed by atoms with van der Waals surface area (Å²) in [5.74, 6) is 0.366. The van der Waals surface area contributed by atoms with Crippen LogP contribution in [0.1, 0.15) is 17.2 Å². The summed E-state index contributed by atoms with van der Waals surface area (Å²) in [4.78, 5) is 9.50. The van der Waals surface area contributed by atoms with Gasteiger partial charge in [0.1, 0.15) is 32.2 Å². The Labute approximate surface area is 147 Å². The number of hydrogen-bond donors (Lipinski definition) is 3. The molecule has 1 atom stereocenters. The van der Waals surface area contributed by atoms with Crippen molar-refractivity contribution in [3.05, 3.63) is 66.1 Å². The molecule has 5 heteroatoms. The molecular weight excluding hydrogens is 312 g/mol. The van der Waals surface area contributed by atoms with E-state index in [2.05, 4.69) is 41.4 Å². The summed E-state index contributed by atoms with van der Waals surface area (Å²) in [6, 6.07) is 12.5. The van der Waals surface area contributed by atoms with E-state index in [1.807, 2.05) is 30.6 Å². The molecule has 5 N–H and O–H groups in total. The van der Waals surface area contributed by atoms with Crippen molar-refractivity contribution in [1.29, 1.82) is 0 Å². The summed E-state index contributed by atoms with van der Waals surface area (Å²) in [5.41, 5.74) is 3.01. The zero-order valence-electron chi connectivity index (χ0n) is 14.5. The minimum atomic E-state index is 0.128. The number of hydrogen-bond acceptors (Lipinski definition) is 1. The van der Waals surface area contributed by atoms with Gasteiger partial charge in [-0.1, -0.05) is 0 Å². The summed E-state index contributed by atoms with van der Waals surface area (Å²) >= 11 is 0. The molecule has 0 radical (unpaired) electrons. The predicted molar refractivity (Wildman–Crippen MR) is 94.3 cm³/mol. The molecule has 1 unspecified atom stereocenters. The number of benzene rings is 1. The Hall–Kier alpha value is -2.50. The Morgan fingerprint density at radius 3 is 2.56 bits per heavy atom. The molecule has 0 aliphatic carbocycles. The largest absolute Gasteiger partial charge is 0.502 e. The summed E-state index contributed by atoms with van der Waals surface area (Å²) in [5, 5.41) is 12.0. The molecule has 4 rings (SSSR count). The maximum atomic E-state index is 11.0. The Morgan fingerprint density at radius 2 is 1.80 bits per heavy atom. The van der Waals surface area contributed by atoms with E-state index < -0.39 is 0 Å². The van der Waals surface area contributed by atoms with Crippen LogP contribution in [0.25, 0.3) is 10.9 Å². The maximum absolute atomic E-state index is 11.0. The van der Waals surface area contributed by atoms with Crippen LogP contribution in [0, 0.1) is 0 Å². The van der Waals surface area contributed by atoms with Crippen molar-refractivity contribution >= 4 is 10.9 Å². The van der Waals surface area contributed by atoms with E-state index in [4.69, 9.17) is 0 Å². The van der Waals surface area contributed by atoms with E-state index in [0.29, 0.717) is 5.75 Å². The number of piperazine rings is 1. The number of quaternary nitrogens is 2. The van der Waals surface area contributed by atoms with Crippen molar-refractivity contribution in [2.24, 2.45) is 0 Å². The molecule has 25 heavy (non-hydrogen) atoms. The molecular formula is C20H26N4O+4. The highest BCUT2D eigenvalue weighted by atomic mass is 16.3. The van der Waals surface area contributed by atoms with Gasteiger partial charge in [-0.25, -0.2) is 9.97 Å². The highest BCUT2D eigenvalue weighted by Crippen LogP contribution is 2.31. The predicted octanol–water partition coefficient (Wildman–Crippen LogP) is -1.32. The molecule has 1 aliphatic heterocycles. The summed E-state index contributed by atoms with van der Waals surface area (Å²) in [6.45, 7) is 4.51. The van der Waals surface area contributed by atoms with Crippen LogP contribution in [-0.2, 0) is 0 Å². The molecule has 3 aromatic rings. The summed E-state index contributed by atoms with van der Waals surface area (Å²) in [7, 11) is 2.25. The van der Waals surface area contributed by atoms with Crippen LogP contribution < -0.4 is 19.8 Å². The Kier molecular flexibility index (Phi) is 4.34. The third-order valence-electron chi connectivity index (χ3n) is 5.37. The van der Waals surface area contributed by atoms with E-state index in [1.165, 1.54) is 10.5 Å². The molecule has 1 aromatic carbocycles. The van der Waals surface area contributed by atoms with Crippen molar-refractivity contribution in [3.63, 3.8) is 0 Å². The standard InChI is InChI=1S/C20H22N4O/c1-23-10-12-24(13-11-23)19(16-5-2-8-21-14-16)17-7-6-15-4-3-9-22-18(15)20(17)25/h2-9,14,19,25H,10-13H2,1H3/p+4. The van der Waals surface area contributed by atoms with Gasteiger partial charge in [0, 0.05) is 12.1 Å². The number of aromatic hydroxyl groups is 1. The monoisotopic (exact) mass is 338 g/mol. The first-order chi connectivity index (χ1) is 12.2. The maximum Gasteiger partial charge on any atom is 0.253 e. The molecule has 128 valence electrons. The number of aromatic nitrogens is 2. The zero-order chi connectivity index (χ0) is 17.2. The lowest BCUT2D eigenvalue weighted by Gasteiger charge is -2.33. The van der Waals surface area contributed by atoms with Crippen LogP contribution >= 0.6 is 0 Å². The number of H-pyrrole nitrogens is 2. The first-order valence-electron chi connectivity index (χ1n) is 8.98. The molecule has 3 heterocycles. The number of nitrogens with one attached hydrogen (secondary N) is 4. The van der Waals surface area contributed by atoms with Crippen molar-refractivity contribution in [1.82, 2.24) is 0 Å². The SMILES string of the molecule is C[NH+]1CC[NH+](C(c2ccc[nH+]c2)c2ccc3ccc[nH+]c3c2O)CC1. The normalized spacial score (nSPS) is 22.0. The number of aromatic amines is 2. The minimum Gasteiger partial charge on any atom is -0.502 e. The lowest BCUT2D eigenvalue weighted by Crippen LogP contribution is -3.27. The third-order valence-corrected chi connectivity index (χ3v) is 5.37. The quantitative estimate of drug-likeness (QED) is 0.545. The number of phenolic OH excluding ortho intramolecular Hbond substituents is 1. The number of phenols is 1. The third kappa shape index (κ3) is 3.08. The van der Waals surface area contributed by atoms with Crippen LogP contribution in [0.4, 0.5) is 0 Å². The molecule has 5 nitrogen and oxygen atoms in total. The van der Waals surface area contributed by atoms with Gasteiger partial charge >= 0.3 is 0 Å².